The first-order chi connectivity index (χ1) is 4.88. The van der Waals surface area contributed by atoms with Crippen molar-refractivity contribution in [2.24, 2.45) is 0 Å². The van der Waals surface area contributed by atoms with E-state index < -0.39 is 0 Å². The molecule has 1 radical (unpaired) electrons. The van der Waals surface area contributed by atoms with Crippen LogP contribution in [0.3, 0.4) is 0 Å². The maximum absolute atomic E-state index is 3.89. The fraction of sp³-hybridized carbons (Fsp3) is 0.889. The Hall–Kier alpha value is -0.0400. The topological polar surface area (TPSA) is 3.24 Å². The highest BCUT2D eigenvalue weighted by Gasteiger charge is 2.21. The van der Waals surface area contributed by atoms with Crippen LogP contribution in [0.2, 0.25) is 0 Å². The minimum Gasteiger partial charge on any atom is -0.301 e. The number of hydrogen-bond donors (Lipinski definition) is 0. The van der Waals surface area contributed by atoms with Gasteiger partial charge in [-0.15, -0.1) is 0 Å². The molecule has 1 unspecified atom stereocenters. The molecule has 1 saturated heterocycles. The van der Waals surface area contributed by atoms with E-state index in [0.29, 0.717) is 0 Å². The summed E-state index contributed by atoms with van der Waals surface area (Å²) in [6.45, 7) is 8.69. The standard InChI is InChI=1S/C9H18N/c1-3-6-9-7-5-8-10(9)4-2/h9H,1,3-8H2,2H3. The minimum atomic E-state index is 0.863. The summed E-state index contributed by atoms with van der Waals surface area (Å²) < 4.78 is 0. The Balaban J connectivity index is 2.27. The number of rotatable bonds is 3. The van der Waals surface area contributed by atoms with E-state index in [-0.39, 0.29) is 0 Å². The predicted molar refractivity (Wildman–Crippen MR) is 44.9 cm³/mol. The third kappa shape index (κ3) is 1.72. The van der Waals surface area contributed by atoms with Gasteiger partial charge < -0.3 is 4.90 Å². The zero-order valence-corrected chi connectivity index (χ0v) is 6.97. The van der Waals surface area contributed by atoms with Gasteiger partial charge in [-0.05, 0) is 32.4 Å². The molecule has 0 spiro atoms. The number of likely N-dealkylation sites (tertiary alicyclic amines) is 1. The summed E-state index contributed by atoms with van der Waals surface area (Å²) in [5.74, 6) is 0. The molecule has 0 amide bonds. The Bertz CT molecular complexity index is 90.7. The van der Waals surface area contributed by atoms with Gasteiger partial charge in [-0.25, -0.2) is 0 Å². The zero-order chi connectivity index (χ0) is 7.40. The van der Waals surface area contributed by atoms with E-state index in [1.807, 2.05) is 0 Å². The average molecular weight is 140 g/mol. The fourth-order valence-corrected chi connectivity index (χ4v) is 1.87. The van der Waals surface area contributed by atoms with Crippen molar-refractivity contribution >= 4 is 0 Å². The van der Waals surface area contributed by atoms with Crippen LogP contribution in [0.4, 0.5) is 0 Å². The lowest BCUT2D eigenvalue weighted by molar-refractivity contribution is 0.256. The molecular weight excluding hydrogens is 122 g/mol. The molecule has 0 aliphatic carbocycles. The Morgan fingerprint density at radius 1 is 1.60 bits per heavy atom. The Labute approximate surface area is 64.4 Å². The van der Waals surface area contributed by atoms with Crippen LogP contribution in [0.1, 0.15) is 32.6 Å². The number of nitrogens with zero attached hydrogens (tertiary/aromatic N) is 1. The highest BCUT2D eigenvalue weighted by molar-refractivity contribution is 4.77. The van der Waals surface area contributed by atoms with Crippen LogP contribution >= 0.6 is 0 Å². The van der Waals surface area contributed by atoms with E-state index in [4.69, 9.17) is 0 Å². The van der Waals surface area contributed by atoms with Crippen molar-refractivity contribution in [1.29, 1.82) is 0 Å². The van der Waals surface area contributed by atoms with Crippen LogP contribution in [-0.4, -0.2) is 24.0 Å². The van der Waals surface area contributed by atoms with Crippen LogP contribution in [0.5, 0.6) is 0 Å². The zero-order valence-electron chi connectivity index (χ0n) is 6.97. The first-order valence-corrected chi connectivity index (χ1v) is 4.41. The molecule has 10 heavy (non-hydrogen) atoms. The Morgan fingerprint density at radius 3 is 3.00 bits per heavy atom. The van der Waals surface area contributed by atoms with Gasteiger partial charge in [0, 0.05) is 6.04 Å². The van der Waals surface area contributed by atoms with E-state index in [2.05, 4.69) is 18.7 Å². The molecule has 1 heteroatoms. The summed E-state index contributed by atoms with van der Waals surface area (Å²) in [5, 5.41) is 0. The number of hydrogen-bond acceptors (Lipinski definition) is 1. The first kappa shape index (κ1) is 8.06. The molecule has 0 aromatic carbocycles. The van der Waals surface area contributed by atoms with Gasteiger partial charge in [-0.3, -0.25) is 0 Å². The van der Waals surface area contributed by atoms with Gasteiger partial charge >= 0.3 is 0 Å². The SMILES string of the molecule is [CH2]CCC1CCCN1CC. The average Bonchev–Trinajstić information content (AvgIpc) is 2.36. The second kappa shape index (κ2) is 3.97. The molecule has 1 aliphatic rings. The van der Waals surface area contributed by atoms with Gasteiger partial charge in [-0.1, -0.05) is 20.3 Å². The van der Waals surface area contributed by atoms with Gasteiger partial charge in [0.15, 0.2) is 0 Å². The summed E-state index contributed by atoms with van der Waals surface area (Å²) in [4.78, 5) is 2.57. The van der Waals surface area contributed by atoms with Crippen molar-refractivity contribution in [1.82, 2.24) is 4.90 Å². The summed E-state index contributed by atoms with van der Waals surface area (Å²) in [7, 11) is 0. The maximum atomic E-state index is 3.89. The third-order valence-corrected chi connectivity index (χ3v) is 2.44. The predicted octanol–water partition coefficient (Wildman–Crippen LogP) is 2.08. The lowest BCUT2D eigenvalue weighted by atomic mass is 10.1. The molecule has 1 heterocycles. The van der Waals surface area contributed by atoms with Crippen LogP contribution < -0.4 is 0 Å². The molecule has 1 atom stereocenters. The second-order valence-corrected chi connectivity index (χ2v) is 3.07. The highest BCUT2D eigenvalue weighted by atomic mass is 15.2. The summed E-state index contributed by atoms with van der Waals surface area (Å²) in [6.07, 6.45) is 5.21. The molecule has 1 aliphatic heterocycles. The largest absolute Gasteiger partial charge is 0.301 e. The molecule has 0 aromatic heterocycles. The van der Waals surface area contributed by atoms with E-state index in [1.54, 1.807) is 0 Å². The Kier molecular flexibility index (Phi) is 3.20. The molecule has 59 valence electrons. The molecule has 0 aromatic rings. The van der Waals surface area contributed by atoms with Crippen LogP contribution in [0.25, 0.3) is 0 Å². The van der Waals surface area contributed by atoms with E-state index in [1.165, 1.54) is 32.4 Å². The van der Waals surface area contributed by atoms with Gasteiger partial charge in [0.25, 0.3) is 0 Å². The van der Waals surface area contributed by atoms with Crippen LogP contribution in [-0.2, 0) is 0 Å². The molecule has 1 nitrogen and oxygen atoms in total. The van der Waals surface area contributed by atoms with Crippen molar-refractivity contribution < 1.29 is 0 Å². The molecule has 0 N–H and O–H groups in total. The van der Waals surface area contributed by atoms with Gasteiger partial charge in [0.1, 0.15) is 0 Å². The van der Waals surface area contributed by atoms with Gasteiger partial charge in [0.2, 0.25) is 0 Å². The summed E-state index contributed by atoms with van der Waals surface area (Å²) in [5.41, 5.74) is 0. The summed E-state index contributed by atoms with van der Waals surface area (Å²) >= 11 is 0. The third-order valence-electron chi connectivity index (χ3n) is 2.44. The van der Waals surface area contributed by atoms with Crippen LogP contribution in [0.15, 0.2) is 0 Å². The lowest BCUT2D eigenvalue weighted by Crippen LogP contribution is -2.28. The molecule has 1 fully saturated rings. The van der Waals surface area contributed by atoms with Crippen molar-refractivity contribution in [3.05, 3.63) is 6.92 Å². The minimum absolute atomic E-state index is 0.863. The van der Waals surface area contributed by atoms with E-state index in [9.17, 15) is 0 Å². The van der Waals surface area contributed by atoms with Gasteiger partial charge in [0.05, 0.1) is 0 Å². The quantitative estimate of drug-likeness (QED) is 0.580. The molecule has 1 rings (SSSR count). The second-order valence-electron chi connectivity index (χ2n) is 3.07. The lowest BCUT2D eigenvalue weighted by Gasteiger charge is -2.21. The molecule has 0 saturated carbocycles. The first-order valence-electron chi connectivity index (χ1n) is 4.41. The smallest absolute Gasteiger partial charge is 0.00956 e. The normalized spacial score (nSPS) is 27.6. The van der Waals surface area contributed by atoms with Crippen molar-refractivity contribution in [3.8, 4) is 0 Å². The van der Waals surface area contributed by atoms with Crippen molar-refractivity contribution in [2.75, 3.05) is 13.1 Å². The van der Waals surface area contributed by atoms with Crippen LogP contribution in [0, 0.1) is 6.92 Å². The Morgan fingerprint density at radius 2 is 2.40 bits per heavy atom. The van der Waals surface area contributed by atoms with Crippen molar-refractivity contribution in [2.45, 2.75) is 38.6 Å². The maximum Gasteiger partial charge on any atom is 0.00956 e. The van der Waals surface area contributed by atoms with Gasteiger partial charge in [-0.2, -0.15) is 0 Å². The van der Waals surface area contributed by atoms with Crippen molar-refractivity contribution in [3.63, 3.8) is 0 Å². The summed E-state index contributed by atoms with van der Waals surface area (Å²) in [6, 6.07) is 0.863. The molecule has 0 bridgehead atoms. The monoisotopic (exact) mass is 140 g/mol. The molecular formula is C9H18N. The van der Waals surface area contributed by atoms with E-state index in [0.717, 1.165) is 12.5 Å². The highest BCUT2D eigenvalue weighted by Crippen LogP contribution is 2.19. The van der Waals surface area contributed by atoms with E-state index >= 15 is 0 Å². The fourth-order valence-electron chi connectivity index (χ4n) is 1.87.